The molecule has 1 rings (SSSR count). The predicted octanol–water partition coefficient (Wildman–Crippen LogP) is 0.991. The fourth-order valence-electron chi connectivity index (χ4n) is 1.56. The maximum absolute atomic E-state index is 11.6. The van der Waals surface area contributed by atoms with Crippen LogP contribution in [-0.4, -0.2) is 37.2 Å². The molecule has 1 heterocycles. The molecular formula is C13H18O6. The van der Waals surface area contributed by atoms with E-state index in [9.17, 15) is 14.4 Å². The van der Waals surface area contributed by atoms with E-state index in [2.05, 4.69) is 11.3 Å². The van der Waals surface area contributed by atoms with Crippen molar-refractivity contribution in [2.45, 2.75) is 33.3 Å². The van der Waals surface area contributed by atoms with E-state index in [1.807, 2.05) is 13.8 Å². The van der Waals surface area contributed by atoms with Crippen molar-refractivity contribution in [3.63, 3.8) is 0 Å². The van der Waals surface area contributed by atoms with Gasteiger partial charge in [0.05, 0.1) is 6.61 Å². The summed E-state index contributed by atoms with van der Waals surface area (Å²) in [5.74, 6) is -2.04. The molecule has 19 heavy (non-hydrogen) atoms. The zero-order valence-corrected chi connectivity index (χ0v) is 11.4. The summed E-state index contributed by atoms with van der Waals surface area (Å²) in [5.41, 5.74) is -0.311. The summed E-state index contributed by atoms with van der Waals surface area (Å²) in [6.07, 6.45) is -0.375. The number of rotatable bonds is 4. The Kier molecular flexibility index (Phi) is 4.69. The van der Waals surface area contributed by atoms with Gasteiger partial charge < -0.3 is 14.2 Å². The van der Waals surface area contributed by atoms with Gasteiger partial charge in [0.15, 0.2) is 6.61 Å². The molecule has 0 aromatic heterocycles. The topological polar surface area (TPSA) is 78.9 Å². The summed E-state index contributed by atoms with van der Waals surface area (Å²) in [4.78, 5) is 34.2. The first-order valence-electron chi connectivity index (χ1n) is 5.93. The van der Waals surface area contributed by atoms with Crippen molar-refractivity contribution in [1.82, 2.24) is 0 Å². The molecule has 0 spiro atoms. The first kappa shape index (κ1) is 15.2. The lowest BCUT2D eigenvalue weighted by Gasteiger charge is -2.35. The third-order valence-electron chi connectivity index (χ3n) is 2.83. The zero-order valence-electron chi connectivity index (χ0n) is 11.4. The standard InChI is InChI=1S/C13H18O6/c1-8(2)11(15)18-7-9(14)19-10-12(16)17-6-5-13(10,3)4/h10H,1,5-7H2,2-4H3. The van der Waals surface area contributed by atoms with Gasteiger partial charge in [-0.2, -0.15) is 0 Å². The van der Waals surface area contributed by atoms with Crippen molar-refractivity contribution in [3.05, 3.63) is 12.2 Å². The Morgan fingerprint density at radius 3 is 2.63 bits per heavy atom. The van der Waals surface area contributed by atoms with Crippen molar-refractivity contribution in [2.24, 2.45) is 5.41 Å². The predicted molar refractivity (Wildman–Crippen MR) is 65.0 cm³/mol. The number of cyclic esters (lactones) is 1. The van der Waals surface area contributed by atoms with Gasteiger partial charge in [-0.3, -0.25) is 0 Å². The summed E-state index contributed by atoms with van der Waals surface area (Å²) in [6.45, 7) is 8.23. The van der Waals surface area contributed by atoms with Crippen LogP contribution in [0.2, 0.25) is 0 Å². The van der Waals surface area contributed by atoms with Gasteiger partial charge in [0.2, 0.25) is 6.10 Å². The van der Waals surface area contributed by atoms with Crippen molar-refractivity contribution >= 4 is 17.9 Å². The second-order valence-corrected chi connectivity index (χ2v) is 5.13. The number of carbonyl (C=O) groups excluding carboxylic acids is 3. The average molecular weight is 270 g/mol. The van der Waals surface area contributed by atoms with Crippen LogP contribution >= 0.6 is 0 Å². The number of ether oxygens (including phenoxy) is 3. The van der Waals surface area contributed by atoms with Crippen LogP contribution in [0.3, 0.4) is 0 Å². The smallest absolute Gasteiger partial charge is 0.348 e. The molecule has 0 aromatic carbocycles. The fraction of sp³-hybridized carbons (Fsp3) is 0.615. The van der Waals surface area contributed by atoms with Crippen molar-refractivity contribution in [3.8, 4) is 0 Å². The van der Waals surface area contributed by atoms with E-state index in [0.29, 0.717) is 13.0 Å². The number of hydrogen-bond acceptors (Lipinski definition) is 6. The molecular weight excluding hydrogens is 252 g/mol. The lowest BCUT2D eigenvalue weighted by atomic mass is 9.82. The van der Waals surface area contributed by atoms with Crippen molar-refractivity contribution in [1.29, 1.82) is 0 Å². The summed E-state index contributed by atoms with van der Waals surface area (Å²) in [7, 11) is 0. The molecule has 1 saturated heterocycles. The Morgan fingerprint density at radius 1 is 1.47 bits per heavy atom. The lowest BCUT2D eigenvalue weighted by Crippen LogP contribution is -2.46. The molecule has 0 radical (unpaired) electrons. The normalized spacial score (nSPS) is 21.2. The third kappa shape index (κ3) is 4.08. The Balaban J connectivity index is 2.53. The van der Waals surface area contributed by atoms with Crippen LogP contribution < -0.4 is 0 Å². The van der Waals surface area contributed by atoms with Gasteiger partial charge in [-0.25, -0.2) is 14.4 Å². The second-order valence-electron chi connectivity index (χ2n) is 5.13. The molecule has 1 fully saturated rings. The van der Waals surface area contributed by atoms with E-state index >= 15 is 0 Å². The number of hydrogen-bond donors (Lipinski definition) is 0. The molecule has 1 unspecified atom stereocenters. The first-order valence-corrected chi connectivity index (χ1v) is 5.93. The minimum Gasteiger partial charge on any atom is -0.463 e. The second kappa shape index (κ2) is 5.86. The quantitative estimate of drug-likeness (QED) is 0.430. The third-order valence-corrected chi connectivity index (χ3v) is 2.83. The van der Waals surface area contributed by atoms with Gasteiger partial charge in [-0.15, -0.1) is 0 Å². The van der Waals surface area contributed by atoms with Crippen LogP contribution in [0, 0.1) is 5.41 Å². The SMILES string of the molecule is C=C(C)C(=O)OCC(=O)OC1C(=O)OCCC1(C)C. The van der Waals surface area contributed by atoms with Gasteiger partial charge in [-0.1, -0.05) is 20.4 Å². The summed E-state index contributed by atoms with van der Waals surface area (Å²) in [6, 6.07) is 0. The van der Waals surface area contributed by atoms with Crippen LogP contribution in [0.4, 0.5) is 0 Å². The molecule has 0 aromatic rings. The molecule has 0 bridgehead atoms. The van der Waals surface area contributed by atoms with E-state index in [1.165, 1.54) is 6.92 Å². The van der Waals surface area contributed by atoms with Crippen LogP contribution in [0.1, 0.15) is 27.2 Å². The Bertz CT molecular complexity index is 409. The Labute approximate surface area is 111 Å². The lowest BCUT2D eigenvalue weighted by molar-refractivity contribution is -0.188. The highest BCUT2D eigenvalue weighted by molar-refractivity contribution is 5.89. The maximum Gasteiger partial charge on any atom is 0.348 e. The maximum atomic E-state index is 11.6. The molecule has 0 amide bonds. The fourth-order valence-corrected chi connectivity index (χ4v) is 1.56. The van der Waals surface area contributed by atoms with Gasteiger partial charge in [-0.05, 0) is 13.3 Å². The van der Waals surface area contributed by atoms with Crippen molar-refractivity contribution in [2.75, 3.05) is 13.2 Å². The monoisotopic (exact) mass is 270 g/mol. The highest BCUT2D eigenvalue weighted by atomic mass is 16.6. The van der Waals surface area contributed by atoms with Gasteiger partial charge >= 0.3 is 17.9 Å². The van der Waals surface area contributed by atoms with E-state index in [-0.39, 0.29) is 5.57 Å². The molecule has 0 N–H and O–H groups in total. The van der Waals surface area contributed by atoms with Gasteiger partial charge in [0, 0.05) is 11.0 Å². The minimum atomic E-state index is -0.975. The van der Waals surface area contributed by atoms with E-state index < -0.39 is 36.0 Å². The molecule has 1 aliphatic heterocycles. The van der Waals surface area contributed by atoms with Gasteiger partial charge in [0.1, 0.15) is 0 Å². The minimum absolute atomic E-state index is 0.185. The summed E-state index contributed by atoms with van der Waals surface area (Å²) in [5, 5.41) is 0. The molecule has 1 atom stereocenters. The summed E-state index contributed by atoms with van der Waals surface area (Å²) < 4.78 is 14.5. The Morgan fingerprint density at radius 2 is 2.11 bits per heavy atom. The number of esters is 3. The highest BCUT2D eigenvalue weighted by Gasteiger charge is 2.43. The molecule has 0 aliphatic carbocycles. The molecule has 6 nitrogen and oxygen atoms in total. The van der Waals surface area contributed by atoms with Crippen LogP contribution in [0.5, 0.6) is 0 Å². The van der Waals surface area contributed by atoms with E-state index in [4.69, 9.17) is 9.47 Å². The average Bonchev–Trinajstić information content (AvgIpc) is 2.30. The van der Waals surface area contributed by atoms with E-state index in [0.717, 1.165) is 0 Å². The molecule has 106 valence electrons. The van der Waals surface area contributed by atoms with Crippen LogP contribution in [0.15, 0.2) is 12.2 Å². The first-order chi connectivity index (χ1) is 8.74. The largest absolute Gasteiger partial charge is 0.463 e. The van der Waals surface area contributed by atoms with Crippen LogP contribution in [0.25, 0.3) is 0 Å². The molecule has 6 heteroatoms. The Hall–Kier alpha value is -1.85. The highest BCUT2D eigenvalue weighted by Crippen LogP contribution is 2.32. The summed E-state index contributed by atoms with van der Waals surface area (Å²) >= 11 is 0. The zero-order chi connectivity index (χ0) is 14.6. The number of carbonyl (C=O) groups is 3. The molecule has 0 saturated carbocycles. The van der Waals surface area contributed by atoms with Crippen molar-refractivity contribution < 1.29 is 28.6 Å². The van der Waals surface area contributed by atoms with E-state index in [1.54, 1.807) is 0 Å². The molecule has 1 aliphatic rings. The van der Waals surface area contributed by atoms with Gasteiger partial charge in [0.25, 0.3) is 0 Å². The van der Waals surface area contributed by atoms with Crippen LogP contribution in [-0.2, 0) is 28.6 Å².